The van der Waals surface area contributed by atoms with Gasteiger partial charge in [-0.05, 0) is 35.7 Å². The quantitative estimate of drug-likeness (QED) is 0.426. The van der Waals surface area contributed by atoms with Crippen LogP contribution in [0, 0.1) is 5.82 Å². The Morgan fingerprint density at radius 1 is 1.47 bits per heavy atom. The normalized spacial score (nSPS) is 9.53. The van der Waals surface area contributed by atoms with E-state index in [1.807, 2.05) is 19.0 Å². The SMILES string of the molecule is CN(C)c1ccc(F)cc1CCN=[N+]=[N-]. The Hall–Kier alpha value is -1.74. The minimum absolute atomic E-state index is 0.267. The van der Waals surface area contributed by atoms with Crippen LogP contribution in [-0.4, -0.2) is 20.6 Å². The van der Waals surface area contributed by atoms with Crippen molar-refractivity contribution in [2.75, 3.05) is 25.5 Å². The van der Waals surface area contributed by atoms with Gasteiger partial charge in [0.2, 0.25) is 0 Å². The number of halogens is 1. The second-order valence-electron chi connectivity index (χ2n) is 3.37. The Morgan fingerprint density at radius 3 is 2.80 bits per heavy atom. The molecule has 0 spiro atoms. The Kier molecular flexibility index (Phi) is 3.94. The van der Waals surface area contributed by atoms with Gasteiger partial charge in [0.1, 0.15) is 5.82 Å². The summed E-state index contributed by atoms with van der Waals surface area (Å²) in [7, 11) is 3.79. The van der Waals surface area contributed by atoms with E-state index in [0.717, 1.165) is 11.3 Å². The molecular formula is C10H13FN4. The molecule has 0 unspecified atom stereocenters. The van der Waals surface area contributed by atoms with Gasteiger partial charge in [0.25, 0.3) is 0 Å². The van der Waals surface area contributed by atoms with Crippen molar-refractivity contribution in [3.63, 3.8) is 0 Å². The second kappa shape index (κ2) is 5.22. The fourth-order valence-corrected chi connectivity index (χ4v) is 1.41. The van der Waals surface area contributed by atoms with Crippen LogP contribution >= 0.6 is 0 Å². The van der Waals surface area contributed by atoms with Crippen molar-refractivity contribution >= 4 is 5.69 Å². The van der Waals surface area contributed by atoms with E-state index in [1.54, 1.807) is 6.07 Å². The van der Waals surface area contributed by atoms with Gasteiger partial charge in [0, 0.05) is 31.2 Å². The first-order valence-electron chi connectivity index (χ1n) is 4.61. The van der Waals surface area contributed by atoms with Crippen LogP contribution in [0.5, 0.6) is 0 Å². The Balaban J connectivity index is 2.91. The molecule has 0 bridgehead atoms. The lowest BCUT2D eigenvalue weighted by Crippen LogP contribution is -2.12. The van der Waals surface area contributed by atoms with Crippen LogP contribution in [-0.2, 0) is 6.42 Å². The molecule has 0 aliphatic carbocycles. The molecule has 5 heteroatoms. The third kappa shape index (κ3) is 3.14. The Morgan fingerprint density at radius 2 is 2.20 bits per heavy atom. The average Bonchev–Trinajstić information content (AvgIpc) is 2.18. The van der Waals surface area contributed by atoms with Crippen molar-refractivity contribution in [2.45, 2.75) is 6.42 Å². The molecule has 0 radical (unpaired) electrons. The monoisotopic (exact) mass is 208 g/mol. The number of anilines is 1. The van der Waals surface area contributed by atoms with E-state index in [-0.39, 0.29) is 5.82 Å². The molecule has 0 aliphatic rings. The predicted molar refractivity (Wildman–Crippen MR) is 58.4 cm³/mol. The van der Waals surface area contributed by atoms with Gasteiger partial charge in [-0.1, -0.05) is 5.11 Å². The maximum atomic E-state index is 13.0. The topological polar surface area (TPSA) is 52.0 Å². The summed E-state index contributed by atoms with van der Waals surface area (Å²) in [5, 5.41) is 3.44. The molecule has 0 amide bonds. The number of benzene rings is 1. The van der Waals surface area contributed by atoms with Crippen molar-refractivity contribution in [2.24, 2.45) is 5.11 Å². The molecule has 1 rings (SSSR count). The zero-order chi connectivity index (χ0) is 11.3. The van der Waals surface area contributed by atoms with Crippen LogP contribution in [0.4, 0.5) is 10.1 Å². The van der Waals surface area contributed by atoms with Crippen LogP contribution in [0.3, 0.4) is 0 Å². The molecule has 0 aliphatic heterocycles. The van der Waals surface area contributed by atoms with Gasteiger partial charge in [-0.25, -0.2) is 4.39 Å². The summed E-state index contributed by atoms with van der Waals surface area (Å²) in [6.07, 6.45) is 0.551. The summed E-state index contributed by atoms with van der Waals surface area (Å²) >= 11 is 0. The van der Waals surface area contributed by atoms with E-state index in [9.17, 15) is 4.39 Å². The van der Waals surface area contributed by atoms with Crippen LogP contribution in [0.25, 0.3) is 10.4 Å². The third-order valence-corrected chi connectivity index (χ3v) is 2.07. The zero-order valence-corrected chi connectivity index (χ0v) is 8.81. The van der Waals surface area contributed by atoms with Crippen molar-refractivity contribution in [3.05, 3.63) is 40.0 Å². The van der Waals surface area contributed by atoms with Gasteiger partial charge >= 0.3 is 0 Å². The largest absolute Gasteiger partial charge is 0.377 e. The molecule has 1 aromatic rings. The Labute approximate surface area is 88.0 Å². The first-order chi connectivity index (χ1) is 7.15. The van der Waals surface area contributed by atoms with Gasteiger partial charge in [-0.3, -0.25) is 0 Å². The molecule has 0 heterocycles. The highest BCUT2D eigenvalue weighted by Gasteiger charge is 2.05. The Bertz CT molecular complexity index is 383. The summed E-state index contributed by atoms with van der Waals surface area (Å²) in [4.78, 5) is 4.57. The molecule has 0 N–H and O–H groups in total. The number of hydrogen-bond acceptors (Lipinski definition) is 2. The van der Waals surface area contributed by atoms with E-state index in [1.165, 1.54) is 12.1 Å². The van der Waals surface area contributed by atoms with E-state index < -0.39 is 0 Å². The van der Waals surface area contributed by atoms with Crippen molar-refractivity contribution in [3.8, 4) is 0 Å². The molecular weight excluding hydrogens is 195 g/mol. The van der Waals surface area contributed by atoms with Gasteiger partial charge < -0.3 is 4.90 Å². The van der Waals surface area contributed by atoms with E-state index in [0.29, 0.717) is 13.0 Å². The summed E-state index contributed by atoms with van der Waals surface area (Å²) < 4.78 is 13.0. The first-order valence-corrected chi connectivity index (χ1v) is 4.61. The van der Waals surface area contributed by atoms with Crippen LogP contribution in [0.15, 0.2) is 23.3 Å². The summed E-state index contributed by atoms with van der Waals surface area (Å²) in [6.45, 7) is 0.348. The van der Waals surface area contributed by atoms with Gasteiger partial charge in [-0.2, -0.15) is 0 Å². The molecule has 1 aromatic carbocycles. The lowest BCUT2D eigenvalue weighted by molar-refractivity contribution is 0.625. The number of azide groups is 1. The molecule has 80 valence electrons. The minimum Gasteiger partial charge on any atom is -0.377 e. The fourth-order valence-electron chi connectivity index (χ4n) is 1.41. The van der Waals surface area contributed by atoms with Gasteiger partial charge in [-0.15, -0.1) is 0 Å². The molecule has 4 nitrogen and oxygen atoms in total. The van der Waals surface area contributed by atoms with Crippen LogP contribution in [0.2, 0.25) is 0 Å². The standard InChI is InChI=1S/C10H13FN4/c1-15(2)10-4-3-9(11)7-8(10)5-6-13-14-12/h3-4,7H,5-6H2,1-2H3. The number of rotatable bonds is 4. The fraction of sp³-hybridized carbons (Fsp3) is 0.400. The smallest absolute Gasteiger partial charge is 0.123 e. The van der Waals surface area contributed by atoms with Crippen molar-refractivity contribution < 1.29 is 4.39 Å². The first kappa shape index (κ1) is 11.3. The van der Waals surface area contributed by atoms with Crippen LogP contribution in [0.1, 0.15) is 5.56 Å². The molecule has 0 atom stereocenters. The molecule has 0 saturated heterocycles. The number of nitrogens with zero attached hydrogens (tertiary/aromatic N) is 4. The minimum atomic E-state index is -0.267. The maximum absolute atomic E-state index is 13.0. The van der Waals surface area contributed by atoms with Crippen molar-refractivity contribution in [1.82, 2.24) is 0 Å². The van der Waals surface area contributed by atoms with Gasteiger partial charge in [0.15, 0.2) is 0 Å². The lowest BCUT2D eigenvalue weighted by Gasteiger charge is -2.16. The molecule has 15 heavy (non-hydrogen) atoms. The third-order valence-electron chi connectivity index (χ3n) is 2.07. The van der Waals surface area contributed by atoms with Crippen LogP contribution < -0.4 is 4.90 Å². The molecule has 0 aromatic heterocycles. The maximum Gasteiger partial charge on any atom is 0.123 e. The summed E-state index contributed by atoms with van der Waals surface area (Å²) in [5.74, 6) is -0.267. The second-order valence-corrected chi connectivity index (χ2v) is 3.37. The van der Waals surface area contributed by atoms with E-state index in [2.05, 4.69) is 10.0 Å². The lowest BCUT2D eigenvalue weighted by atomic mass is 10.1. The van der Waals surface area contributed by atoms with E-state index >= 15 is 0 Å². The van der Waals surface area contributed by atoms with E-state index in [4.69, 9.17) is 5.53 Å². The highest BCUT2D eigenvalue weighted by Crippen LogP contribution is 2.20. The highest BCUT2D eigenvalue weighted by molar-refractivity contribution is 5.52. The van der Waals surface area contributed by atoms with Gasteiger partial charge in [0.05, 0.1) is 0 Å². The zero-order valence-electron chi connectivity index (χ0n) is 8.81. The summed E-state index contributed by atoms with van der Waals surface area (Å²) in [5.41, 5.74) is 9.95. The molecule has 0 fully saturated rings. The molecule has 0 saturated carbocycles. The highest BCUT2D eigenvalue weighted by atomic mass is 19.1. The predicted octanol–water partition coefficient (Wildman–Crippen LogP) is 2.74. The summed E-state index contributed by atoms with van der Waals surface area (Å²) in [6, 6.07) is 4.62. The van der Waals surface area contributed by atoms with Crippen molar-refractivity contribution in [1.29, 1.82) is 0 Å². The average molecular weight is 208 g/mol. The number of hydrogen-bond donors (Lipinski definition) is 0.